The largest absolute Gasteiger partial charge is 0.271 e. The van der Waals surface area contributed by atoms with Gasteiger partial charge in [-0.05, 0) is 36.5 Å². The summed E-state index contributed by atoms with van der Waals surface area (Å²) in [4.78, 5) is 0. The topological polar surface area (TPSA) is 38.0 Å². The average molecular weight is 212 g/mol. The van der Waals surface area contributed by atoms with Gasteiger partial charge in [0.25, 0.3) is 0 Å². The Morgan fingerprint density at radius 2 is 1.80 bits per heavy atom. The van der Waals surface area contributed by atoms with E-state index in [4.69, 9.17) is 5.84 Å². The van der Waals surface area contributed by atoms with Gasteiger partial charge in [-0.15, -0.1) is 0 Å². The van der Waals surface area contributed by atoms with E-state index in [0.717, 1.165) is 0 Å². The third kappa shape index (κ3) is 3.76. The van der Waals surface area contributed by atoms with E-state index in [1.54, 1.807) is 0 Å². The summed E-state index contributed by atoms with van der Waals surface area (Å²) in [6.07, 6.45) is 7.89. The molecule has 1 aliphatic carbocycles. The predicted octanol–water partition coefficient (Wildman–Crippen LogP) is 3.22. The van der Waals surface area contributed by atoms with Gasteiger partial charge in [-0.25, -0.2) is 0 Å². The number of hydrogen-bond donors (Lipinski definition) is 2. The first-order valence-corrected chi connectivity index (χ1v) is 6.33. The van der Waals surface area contributed by atoms with Crippen molar-refractivity contribution in [3.8, 4) is 0 Å². The maximum atomic E-state index is 5.72. The van der Waals surface area contributed by atoms with Crippen LogP contribution in [0, 0.1) is 10.8 Å². The van der Waals surface area contributed by atoms with E-state index < -0.39 is 0 Å². The molecule has 1 fully saturated rings. The third-order valence-corrected chi connectivity index (χ3v) is 3.97. The first-order valence-electron chi connectivity index (χ1n) is 6.33. The van der Waals surface area contributed by atoms with Crippen LogP contribution >= 0.6 is 0 Å². The molecule has 1 aliphatic rings. The zero-order chi connectivity index (χ0) is 11.5. The van der Waals surface area contributed by atoms with Crippen LogP contribution in [-0.4, -0.2) is 6.04 Å². The molecule has 2 heteroatoms. The van der Waals surface area contributed by atoms with E-state index in [1.807, 2.05) is 0 Å². The standard InChI is InChI=1S/C13H28N2/c1-12(2,3)10-7-11(15-14)13(4)8-5-6-9-13/h11,15H,5-10,14H2,1-4H3. The van der Waals surface area contributed by atoms with Gasteiger partial charge in [0.1, 0.15) is 0 Å². The maximum absolute atomic E-state index is 5.72. The minimum Gasteiger partial charge on any atom is -0.271 e. The highest BCUT2D eigenvalue weighted by molar-refractivity contribution is 4.90. The molecule has 1 saturated carbocycles. The maximum Gasteiger partial charge on any atom is 0.0264 e. The van der Waals surface area contributed by atoms with E-state index in [9.17, 15) is 0 Å². The number of nitrogens with two attached hydrogens (primary N) is 1. The normalized spacial score (nSPS) is 23.0. The monoisotopic (exact) mass is 212 g/mol. The lowest BCUT2D eigenvalue weighted by Crippen LogP contribution is -2.46. The van der Waals surface area contributed by atoms with Gasteiger partial charge in [-0.1, -0.05) is 40.5 Å². The first-order chi connectivity index (χ1) is 6.87. The van der Waals surface area contributed by atoms with Crippen LogP contribution in [0.15, 0.2) is 0 Å². The summed E-state index contributed by atoms with van der Waals surface area (Å²) < 4.78 is 0. The molecular weight excluding hydrogens is 184 g/mol. The third-order valence-electron chi connectivity index (χ3n) is 3.97. The minimum atomic E-state index is 0.421. The Morgan fingerprint density at radius 1 is 1.27 bits per heavy atom. The van der Waals surface area contributed by atoms with Crippen molar-refractivity contribution in [3.05, 3.63) is 0 Å². The molecule has 3 N–H and O–H groups in total. The molecule has 1 atom stereocenters. The fourth-order valence-corrected chi connectivity index (χ4v) is 2.74. The SMILES string of the molecule is CC(C)(C)CCC(NN)C1(C)CCCC1. The van der Waals surface area contributed by atoms with E-state index in [0.29, 0.717) is 16.9 Å². The summed E-state index contributed by atoms with van der Waals surface area (Å²) in [5, 5.41) is 0. The van der Waals surface area contributed by atoms with Gasteiger partial charge in [0.2, 0.25) is 0 Å². The molecular formula is C13H28N2. The lowest BCUT2D eigenvalue weighted by atomic mass is 9.76. The molecule has 0 heterocycles. The minimum absolute atomic E-state index is 0.421. The van der Waals surface area contributed by atoms with Gasteiger partial charge in [-0.3, -0.25) is 11.3 Å². The smallest absolute Gasteiger partial charge is 0.0264 e. The number of rotatable bonds is 4. The second-order valence-corrected chi connectivity index (χ2v) is 6.68. The molecule has 0 bridgehead atoms. The molecule has 0 amide bonds. The first kappa shape index (κ1) is 13.0. The van der Waals surface area contributed by atoms with Gasteiger partial charge in [-0.2, -0.15) is 0 Å². The van der Waals surface area contributed by atoms with Crippen LogP contribution in [0.5, 0.6) is 0 Å². The van der Waals surface area contributed by atoms with Gasteiger partial charge >= 0.3 is 0 Å². The molecule has 0 radical (unpaired) electrons. The van der Waals surface area contributed by atoms with Gasteiger partial charge in [0.05, 0.1) is 0 Å². The molecule has 0 aromatic heterocycles. The van der Waals surface area contributed by atoms with Crippen molar-refractivity contribution < 1.29 is 0 Å². The molecule has 0 aliphatic heterocycles. The van der Waals surface area contributed by atoms with E-state index >= 15 is 0 Å². The van der Waals surface area contributed by atoms with Crippen LogP contribution in [0.4, 0.5) is 0 Å². The molecule has 15 heavy (non-hydrogen) atoms. The van der Waals surface area contributed by atoms with Crippen LogP contribution < -0.4 is 11.3 Å². The van der Waals surface area contributed by atoms with Crippen molar-refractivity contribution in [2.24, 2.45) is 16.7 Å². The summed E-state index contributed by atoms with van der Waals surface area (Å²) in [5.41, 5.74) is 3.92. The Kier molecular flexibility index (Phi) is 4.19. The zero-order valence-electron chi connectivity index (χ0n) is 10.9. The Labute approximate surface area is 95.0 Å². The van der Waals surface area contributed by atoms with Gasteiger partial charge < -0.3 is 0 Å². The predicted molar refractivity (Wildman–Crippen MR) is 66.4 cm³/mol. The fourth-order valence-electron chi connectivity index (χ4n) is 2.74. The summed E-state index contributed by atoms with van der Waals surface area (Å²) in [6.45, 7) is 9.31. The molecule has 0 saturated heterocycles. The highest BCUT2D eigenvalue weighted by Crippen LogP contribution is 2.42. The van der Waals surface area contributed by atoms with E-state index in [-0.39, 0.29) is 0 Å². The molecule has 0 aromatic carbocycles. The summed E-state index contributed by atoms with van der Waals surface area (Å²) in [5.74, 6) is 5.72. The number of nitrogens with one attached hydrogen (secondary N) is 1. The lowest BCUT2D eigenvalue weighted by Gasteiger charge is -2.35. The Hall–Kier alpha value is -0.0800. The summed E-state index contributed by atoms with van der Waals surface area (Å²) >= 11 is 0. The van der Waals surface area contributed by atoms with Crippen LogP contribution in [-0.2, 0) is 0 Å². The van der Waals surface area contributed by atoms with Crippen molar-refractivity contribution in [2.75, 3.05) is 0 Å². The van der Waals surface area contributed by atoms with Crippen molar-refractivity contribution in [2.45, 2.75) is 72.3 Å². The fraction of sp³-hybridized carbons (Fsp3) is 1.00. The second-order valence-electron chi connectivity index (χ2n) is 6.68. The molecule has 1 rings (SSSR count). The summed E-state index contributed by atoms with van der Waals surface area (Å²) in [6, 6.07) is 0.499. The zero-order valence-corrected chi connectivity index (χ0v) is 10.9. The van der Waals surface area contributed by atoms with Crippen LogP contribution in [0.1, 0.15) is 66.2 Å². The van der Waals surface area contributed by atoms with E-state index in [1.165, 1.54) is 38.5 Å². The molecule has 1 unspecified atom stereocenters. The second kappa shape index (κ2) is 4.84. The van der Waals surface area contributed by atoms with Crippen molar-refractivity contribution in [3.63, 3.8) is 0 Å². The van der Waals surface area contributed by atoms with Crippen molar-refractivity contribution in [1.29, 1.82) is 0 Å². The molecule has 0 spiro atoms. The number of hydrazine groups is 1. The summed E-state index contributed by atoms with van der Waals surface area (Å²) in [7, 11) is 0. The molecule has 90 valence electrons. The van der Waals surface area contributed by atoms with Crippen LogP contribution in [0.25, 0.3) is 0 Å². The number of hydrogen-bond acceptors (Lipinski definition) is 2. The highest BCUT2D eigenvalue weighted by Gasteiger charge is 2.36. The molecule has 0 aromatic rings. The van der Waals surface area contributed by atoms with Crippen LogP contribution in [0.3, 0.4) is 0 Å². The van der Waals surface area contributed by atoms with E-state index in [2.05, 4.69) is 33.1 Å². The lowest BCUT2D eigenvalue weighted by molar-refractivity contribution is 0.190. The Balaban J connectivity index is 2.48. The molecule has 2 nitrogen and oxygen atoms in total. The van der Waals surface area contributed by atoms with Gasteiger partial charge in [0.15, 0.2) is 0 Å². The van der Waals surface area contributed by atoms with Crippen molar-refractivity contribution >= 4 is 0 Å². The Morgan fingerprint density at radius 3 is 2.20 bits per heavy atom. The quantitative estimate of drug-likeness (QED) is 0.554. The average Bonchev–Trinajstić information content (AvgIpc) is 2.52. The van der Waals surface area contributed by atoms with Crippen molar-refractivity contribution in [1.82, 2.24) is 5.43 Å². The Bertz CT molecular complexity index is 187. The highest BCUT2D eigenvalue weighted by atomic mass is 15.2. The van der Waals surface area contributed by atoms with Gasteiger partial charge in [0, 0.05) is 6.04 Å². The van der Waals surface area contributed by atoms with Crippen LogP contribution in [0.2, 0.25) is 0 Å².